The summed E-state index contributed by atoms with van der Waals surface area (Å²) in [7, 11) is 0. The van der Waals surface area contributed by atoms with Gasteiger partial charge in [0, 0.05) is 24.0 Å². The Morgan fingerprint density at radius 3 is 2.35 bits per heavy atom. The minimum absolute atomic E-state index is 0.0566. The third kappa shape index (κ3) is 9.86. The van der Waals surface area contributed by atoms with Crippen LogP contribution in [-0.4, -0.2) is 81.5 Å². The summed E-state index contributed by atoms with van der Waals surface area (Å²) in [5.41, 5.74) is 6.70. The molecule has 49 heavy (non-hydrogen) atoms. The van der Waals surface area contributed by atoms with Gasteiger partial charge in [0.05, 0.1) is 30.1 Å². The van der Waals surface area contributed by atoms with E-state index >= 15 is 0 Å². The van der Waals surface area contributed by atoms with Crippen LogP contribution in [0.4, 0.5) is 0 Å². The zero-order chi connectivity index (χ0) is 35.1. The number of nitrogens with two attached hydrogens (primary N) is 1. The minimum Gasteiger partial charge on any atom is -0.390 e. The van der Waals surface area contributed by atoms with Crippen molar-refractivity contribution in [2.24, 2.45) is 17.6 Å². The quantitative estimate of drug-likeness (QED) is 0.198. The second-order valence-electron chi connectivity index (χ2n) is 14.7. The molecular formula is C38H50N6O5. The normalized spacial score (nSPS) is 21.5. The van der Waals surface area contributed by atoms with Crippen LogP contribution in [0.5, 0.6) is 0 Å². The standard InChI is InChI=1S/C38H50N6O5/c1-38(2,3)43-37(49)32-20-26-14-7-8-15-27(26)22-44(32)23-33(45)30(19-24-11-5-4-6-12-24)41-36(48)31(21-34(39)46)42-35(47)29-18-17-25-13-9-10-16-28(25)40-29/h4-6,9-13,16-18,26-27,30-33,45H,7-8,14-15,19-23H2,1-3H3,(H2,39,46)(H,41,48)(H,42,47)(H,43,49)/t26-,27+,30?,31?,32-,33?/m0/s1. The van der Waals surface area contributed by atoms with Crippen LogP contribution in [0.25, 0.3) is 10.9 Å². The first kappa shape index (κ1) is 35.9. The van der Waals surface area contributed by atoms with Crippen molar-refractivity contribution >= 4 is 34.5 Å². The molecule has 3 unspecified atom stereocenters. The van der Waals surface area contributed by atoms with E-state index < -0.39 is 53.9 Å². The fourth-order valence-corrected chi connectivity index (χ4v) is 7.26. The van der Waals surface area contributed by atoms with Gasteiger partial charge in [0.25, 0.3) is 5.91 Å². The molecule has 5 rings (SSSR count). The van der Waals surface area contributed by atoms with Crippen LogP contribution >= 0.6 is 0 Å². The number of hydrogen-bond acceptors (Lipinski definition) is 7. The molecule has 1 aliphatic heterocycles. The summed E-state index contributed by atoms with van der Waals surface area (Å²) in [6, 6.07) is 17.6. The maximum Gasteiger partial charge on any atom is 0.270 e. The Hall–Kier alpha value is -4.35. The molecule has 3 aromatic rings. The number of nitrogens with one attached hydrogen (secondary N) is 3. The molecule has 2 aliphatic rings. The monoisotopic (exact) mass is 670 g/mol. The lowest BCUT2D eigenvalue weighted by Crippen LogP contribution is -2.61. The SMILES string of the molecule is CC(C)(C)NC(=O)[C@@H]1C[C@@H]2CCCC[C@@H]2CN1CC(O)C(Cc1ccccc1)NC(=O)C(CC(N)=O)NC(=O)c1ccc2ccccc2n1. The number of piperidine rings is 1. The van der Waals surface area contributed by atoms with Crippen molar-refractivity contribution < 1.29 is 24.3 Å². The number of hydrogen-bond donors (Lipinski definition) is 5. The maximum absolute atomic E-state index is 13.8. The molecule has 262 valence electrons. The van der Waals surface area contributed by atoms with Crippen LogP contribution < -0.4 is 21.7 Å². The van der Waals surface area contributed by atoms with Crippen molar-refractivity contribution in [1.82, 2.24) is 25.8 Å². The van der Waals surface area contributed by atoms with Crippen LogP contribution in [0.1, 0.15) is 75.3 Å². The molecule has 2 aromatic carbocycles. The Labute approximate surface area is 288 Å². The highest BCUT2D eigenvalue weighted by Gasteiger charge is 2.42. The third-order valence-electron chi connectivity index (χ3n) is 9.67. The highest BCUT2D eigenvalue weighted by atomic mass is 16.3. The molecule has 1 aliphatic carbocycles. The van der Waals surface area contributed by atoms with Gasteiger partial charge in [-0.15, -0.1) is 0 Å². The predicted molar refractivity (Wildman–Crippen MR) is 188 cm³/mol. The number of carbonyl (C=O) groups excluding carboxylic acids is 4. The number of carbonyl (C=O) groups is 4. The summed E-state index contributed by atoms with van der Waals surface area (Å²) in [6.45, 7) is 6.73. The lowest BCUT2D eigenvalue weighted by molar-refractivity contribution is -0.133. The number of para-hydroxylation sites is 1. The van der Waals surface area contributed by atoms with E-state index in [4.69, 9.17) is 5.73 Å². The van der Waals surface area contributed by atoms with Gasteiger partial charge in [0.1, 0.15) is 11.7 Å². The number of fused-ring (bicyclic) bond motifs is 2. The van der Waals surface area contributed by atoms with E-state index in [1.807, 2.05) is 69.3 Å². The van der Waals surface area contributed by atoms with Gasteiger partial charge >= 0.3 is 0 Å². The Kier molecular flexibility index (Phi) is 11.7. The van der Waals surface area contributed by atoms with Crippen LogP contribution in [0.15, 0.2) is 66.7 Å². The molecule has 0 spiro atoms. The Bertz CT molecular complexity index is 1630. The van der Waals surface area contributed by atoms with Crippen LogP contribution in [0.2, 0.25) is 0 Å². The van der Waals surface area contributed by atoms with Crippen molar-refractivity contribution in [3.05, 3.63) is 78.0 Å². The van der Waals surface area contributed by atoms with Crippen molar-refractivity contribution in [3.8, 4) is 0 Å². The highest BCUT2D eigenvalue weighted by Crippen LogP contribution is 2.39. The molecule has 6 atom stereocenters. The first-order chi connectivity index (χ1) is 23.4. The number of aliphatic hydroxyl groups is 1. The molecule has 4 amide bonds. The fraction of sp³-hybridized carbons (Fsp3) is 0.500. The average molecular weight is 671 g/mol. The largest absolute Gasteiger partial charge is 0.390 e. The number of nitrogens with zero attached hydrogens (tertiary/aromatic N) is 2. The smallest absolute Gasteiger partial charge is 0.270 e. The number of aliphatic hydroxyl groups excluding tert-OH is 1. The number of aromatic nitrogens is 1. The van der Waals surface area contributed by atoms with E-state index in [1.54, 1.807) is 18.2 Å². The van der Waals surface area contributed by atoms with Gasteiger partial charge in [0.2, 0.25) is 17.7 Å². The summed E-state index contributed by atoms with van der Waals surface area (Å²) in [5, 5.41) is 21.4. The second kappa shape index (κ2) is 15.9. The number of β-amino-alcohol motifs (C(OH)–C–C–N with tert-alkyl or cyclic N) is 1. The third-order valence-corrected chi connectivity index (χ3v) is 9.67. The number of primary amides is 1. The van der Waals surface area contributed by atoms with E-state index in [2.05, 4.69) is 25.8 Å². The molecule has 2 fully saturated rings. The number of pyridine rings is 1. The van der Waals surface area contributed by atoms with Gasteiger partial charge < -0.3 is 26.8 Å². The van der Waals surface area contributed by atoms with Crippen molar-refractivity contribution in [1.29, 1.82) is 0 Å². The molecule has 11 heteroatoms. The molecule has 0 radical (unpaired) electrons. The summed E-state index contributed by atoms with van der Waals surface area (Å²) in [4.78, 5) is 59.3. The van der Waals surface area contributed by atoms with E-state index in [9.17, 15) is 24.3 Å². The fourth-order valence-electron chi connectivity index (χ4n) is 7.26. The van der Waals surface area contributed by atoms with E-state index in [-0.39, 0.29) is 24.6 Å². The lowest BCUT2D eigenvalue weighted by Gasteiger charge is -2.47. The van der Waals surface area contributed by atoms with Crippen molar-refractivity contribution in [3.63, 3.8) is 0 Å². The molecule has 0 bridgehead atoms. The van der Waals surface area contributed by atoms with E-state index in [1.165, 1.54) is 6.42 Å². The predicted octanol–water partition coefficient (Wildman–Crippen LogP) is 3.09. The van der Waals surface area contributed by atoms with Crippen molar-refractivity contribution in [2.45, 2.75) is 95.5 Å². The Morgan fingerprint density at radius 1 is 0.939 bits per heavy atom. The summed E-state index contributed by atoms with van der Waals surface area (Å²) in [6.07, 6.45) is 4.03. The zero-order valence-corrected chi connectivity index (χ0v) is 28.7. The maximum atomic E-state index is 13.8. The number of rotatable bonds is 12. The van der Waals surface area contributed by atoms with Crippen molar-refractivity contribution in [2.75, 3.05) is 13.1 Å². The van der Waals surface area contributed by atoms with Gasteiger partial charge in [-0.25, -0.2) is 4.98 Å². The first-order valence-corrected chi connectivity index (χ1v) is 17.4. The second-order valence-corrected chi connectivity index (χ2v) is 14.7. The highest BCUT2D eigenvalue weighted by molar-refractivity contribution is 5.99. The Balaban J connectivity index is 1.35. The number of amides is 4. The van der Waals surface area contributed by atoms with Crippen LogP contribution in [0.3, 0.4) is 0 Å². The summed E-state index contributed by atoms with van der Waals surface area (Å²) in [5.74, 6) is -1.20. The lowest BCUT2D eigenvalue weighted by atomic mass is 9.72. The Morgan fingerprint density at radius 2 is 1.63 bits per heavy atom. The summed E-state index contributed by atoms with van der Waals surface area (Å²) >= 11 is 0. The summed E-state index contributed by atoms with van der Waals surface area (Å²) < 4.78 is 0. The van der Waals surface area contributed by atoms with Gasteiger partial charge in [-0.05, 0) is 69.6 Å². The van der Waals surface area contributed by atoms with Gasteiger partial charge in [-0.2, -0.15) is 0 Å². The molecule has 11 nitrogen and oxygen atoms in total. The number of benzene rings is 2. The zero-order valence-electron chi connectivity index (χ0n) is 28.7. The van der Waals surface area contributed by atoms with Gasteiger partial charge in [-0.1, -0.05) is 73.9 Å². The molecular weight excluding hydrogens is 620 g/mol. The number of likely N-dealkylation sites (tertiary alicyclic amines) is 1. The molecule has 1 saturated heterocycles. The van der Waals surface area contributed by atoms with E-state index in [0.29, 0.717) is 23.9 Å². The van der Waals surface area contributed by atoms with Gasteiger partial charge in [-0.3, -0.25) is 24.1 Å². The van der Waals surface area contributed by atoms with Crippen LogP contribution in [0, 0.1) is 11.8 Å². The molecule has 2 heterocycles. The first-order valence-electron chi connectivity index (χ1n) is 17.4. The van der Waals surface area contributed by atoms with Gasteiger partial charge in [0.15, 0.2) is 0 Å². The van der Waals surface area contributed by atoms with E-state index in [0.717, 1.165) is 36.6 Å². The topological polar surface area (TPSA) is 167 Å². The van der Waals surface area contributed by atoms with Crippen LogP contribution in [-0.2, 0) is 20.8 Å². The average Bonchev–Trinajstić information content (AvgIpc) is 3.06. The molecule has 6 N–H and O–H groups in total. The molecule has 1 saturated carbocycles. The molecule has 1 aromatic heterocycles. The minimum atomic E-state index is -1.30.